The summed E-state index contributed by atoms with van der Waals surface area (Å²) in [4.78, 5) is 30.0. The van der Waals surface area contributed by atoms with Crippen molar-refractivity contribution in [1.29, 1.82) is 0 Å². The summed E-state index contributed by atoms with van der Waals surface area (Å²) in [5, 5.41) is 13.7. The van der Waals surface area contributed by atoms with Gasteiger partial charge in [0, 0.05) is 16.6 Å². The van der Waals surface area contributed by atoms with Gasteiger partial charge in [-0.2, -0.15) is 0 Å². The number of hydrogen-bond acceptors (Lipinski definition) is 6. The highest BCUT2D eigenvalue weighted by atomic mass is 32.2. The standard InChI is InChI=1S/C22H21N3O3S2/c1-14-6-8-15(9-7-14)12-23-18(27)13-29-22-24-19-16-4-2-3-5-17(16)30-20(19)21(28)25(22)10-11-26/h2-9,26H,10-13H2,1H3,(H,23,27). The Morgan fingerprint density at radius 3 is 2.73 bits per heavy atom. The molecule has 0 fully saturated rings. The molecule has 2 heterocycles. The predicted octanol–water partition coefficient (Wildman–Crippen LogP) is 3.32. The molecule has 154 valence electrons. The molecule has 2 aromatic carbocycles. The van der Waals surface area contributed by atoms with Gasteiger partial charge in [0.25, 0.3) is 5.56 Å². The normalized spacial score (nSPS) is 11.3. The summed E-state index contributed by atoms with van der Waals surface area (Å²) in [6.45, 7) is 2.44. The van der Waals surface area contributed by atoms with Crippen molar-refractivity contribution in [2.75, 3.05) is 12.4 Å². The van der Waals surface area contributed by atoms with Crippen molar-refractivity contribution < 1.29 is 9.90 Å². The van der Waals surface area contributed by atoms with E-state index < -0.39 is 0 Å². The third-order valence-electron chi connectivity index (χ3n) is 4.71. The van der Waals surface area contributed by atoms with Gasteiger partial charge in [0.15, 0.2) is 5.16 Å². The van der Waals surface area contributed by atoms with Crippen molar-refractivity contribution in [3.05, 3.63) is 70.0 Å². The van der Waals surface area contributed by atoms with Gasteiger partial charge in [-0.15, -0.1) is 11.3 Å². The van der Waals surface area contributed by atoms with Crippen LogP contribution in [0.25, 0.3) is 20.3 Å². The number of nitrogens with one attached hydrogen (secondary N) is 1. The smallest absolute Gasteiger partial charge is 0.272 e. The summed E-state index contributed by atoms with van der Waals surface area (Å²) >= 11 is 2.61. The first-order chi connectivity index (χ1) is 14.6. The molecule has 0 saturated carbocycles. The Labute approximate surface area is 181 Å². The molecular formula is C22H21N3O3S2. The van der Waals surface area contributed by atoms with Crippen molar-refractivity contribution in [3.63, 3.8) is 0 Å². The second-order valence-corrected chi connectivity index (χ2v) is 8.90. The average Bonchev–Trinajstić information content (AvgIpc) is 3.13. The van der Waals surface area contributed by atoms with Crippen LogP contribution in [0.3, 0.4) is 0 Å². The van der Waals surface area contributed by atoms with E-state index >= 15 is 0 Å². The van der Waals surface area contributed by atoms with E-state index in [0.717, 1.165) is 15.6 Å². The van der Waals surface area contributed by atoms with Crippen LogP contribution < -0.4 is 10.9 Å². The van der Waals surface area contributed by atoms with Crippen LogP contribution in [-0.4, -0.2) is 32.9 Å². The van der Waals surface area contributed by atoms with Crippen LogP contribution in [0.5, 0.6) is 0 Å². The molecule has 8 heteroatoms. The summed E-state index contributed by atoms with van der Waals surface area (Å²) in [5.74, 6) is -0.00207. The lowest BCUT2D eigenvalue weighted by molar-refractivity contribution is -0.118. The van der Waals surface area contributed by atoms with E-state index in [4.69, 9.17) is 0 Å². The number of aliphatic hydroxyl groups excluding tert-OH is 1. The molecule has 0 saturated heterocycles. The van der Waals surface area contributed by atoms with E-state index in [1.807, 2.05) is 55.5 Å². The highest BCUT2D eigenvalue weighted by Gasteiger charge is 2.17. The van der Waals surface area contributed by atoms with Gasteiger partial charge in [-0.1, -0.05) is 59.8 Å². The van der Waals surface area contributed by atoms with Crippen molar-refractivity contribution in [2.24, 2.45) is 0 Å². The zero-order valence-corrected chi connectivity index (χ0v) is 18.1. The van der Waals surface area contributed by atoms with Gasteiger partial charge in [0.05, 0.1) is 24.4 Å². The summed E-state index contributed by atoms with van der Waals surface area (Å²) in [5.41, 5.74) is 2.67. The minimum atomic E-state index is -0.183. The van der Waals surface area contributed by atoms with E-state index in [1.165, 1.54) is 33.2 Å². The number of thiophene rings is 1. The number of carbonyl (C=O) groups excluding carboxylic acids is 1. The number of aliphatic hydroxyl groups is 1. The molecule has 6 nitrogen and oxygen atoms in total. The number of benzene rings is 2. The van der Waals surface area contributed by atoms with Gasteiger partial charge >= 0.3 is 0 Å². The maximum Gasteiger partial charge on any atom is 0.272 e. The van der Waals surface area contributed by atoms with Gasteiger partial charge in [-0.05, 0) is 18.6 Å². The Hall–Kier alpha value is -2.68. The molecule has 0 unspecified atom stereocenters. The first-order valence-electron chi connectivity index (χ1n) is 9.55. The van der Waals surface area contributed by atoms with Crippen LogP contribution in [0, 0.1) is 6.92 Å². The predicted molar refractivity (Wildman–Crippen MR) is 122 cm³/mol. The molecule has 1 amide bonds. The molecule has 2 N–H and O–H groups in total. The minimum Gasteiger partial charge on any atom is -0.395 e. The van der Waals surface area contributed by atoms with E-state index in [9.17, 15) is 14.7 Å². The highest BCUT2D eigenvalue weighted by molar-refractivity contribution is 7.99. The largest absolute Gasteiger partial charge is 0.395 e. The SMILES string of the molecule is Cc1ccc(CNC(=O)CSc2nc3c(sc4ccccc43)c(=O)n2CCO)cc1. The summed E-state index contributed by atoms with van der Waals surface area (Å²) < 4.78 is 3.01. The quantitative estimate of drug-likeness (QED) is 0.341. The topological polar surface area (TPSA) is 84.2 Å². The van der Waals surface area contributed by atoms with E-state index in [2.05, 4.69) is 10.3 Å². The maximum atomic E-state index is 13.0. The first kappa shape index (κ1) is 20.6. The third-order valence-corrected chi connectivity index (χ3v) is 6.84. The van der Waals surface area contributed by atoms with Crippen molar-refractivity contribution in [1.82, 2.24) is 14.9 Å². The van der Waals surface area contributed by atoms with Gasteiger partial charge in [-0.25, -0.2) is 4.98 Å². The van der Waals surface area contributed by atoms with Crippen LogP contribution in [0.15, 0.2) is 58.5 Å². The van der Waals surface area contributed by atoms with Crippen molar-refractivity contribution in [3.8, 4) is 0 Å². The van der Waals surface area contributed by atoms with Gasteiger partial charge in [-0.3, -0.25) is 14.2 Å². The Kier molecular flexibility index (Phi) is 6.17. The number of carbonyl (C=O) groups is 1. The molecule has 0 aliphatic rings. The van der Waals surface area contributed by atoms with Crippen LogP contribution >= 0.6 is 23.1 Å². The van der Waals surface area contributed by atoms with Crippen LogP contribution in [0.4, 0.5) is 0 Å². The Morgan fingerprint density at radius 2 is 1.97 bits per heavy atom. The number of rotatable bonds is 7. The fourth-order valence-corrected chi connectivity index (χ4v) is 5.09. The van der Waals surface area contributed by atoms with Gasteiger partial charge < -0.3 is 10.4 Å². The molecular weight excluding hydrogens is 418 g/mol. The minimum absolute atomic E-state index is 0.136. The maximum absolute atomic E-state index is 13.0. The van der Waals surface area contributed by atoms with E-state index in [-0.39, 0.29) is 30.4 Å². The Balaban J connectivity index is 1.55. The highest BCUT2D eigenvalue weighted by Crippen LogP contribution is 2.31. The number of aromatic nitrogens is 2. The van der Waals surface area contributed by atoms with Crippen LogP contribution in [0.2, 0.25) is 0 Å². The molecule has 0 aliphatic heterocycles. The number of nitrogens with zero attached hydrogens (tertiary/aromatic N) is 2. The molecule has 0 spiro atoms. The number of fused-ring (bicyclic) bond motifs is 3. The summed E-state index contributed by atoms with van der Waals surface area (Å²) in [6, 6.07) is 15.7. The molecule has 0 aliphatic carbocycles. The second-order valence-electron chi connectivity index (χ2n) is 6.90. The molecule has 4 aromatic rings. The molecule has 0 atom stereocenters. The van der Waals surface area contributed by atoms with Crippen molar-refractivity contribution in [2.45, 2.75) is 25.2 Å². The van der Waals surface area contributed by atoms with Crippen molar-refractivity contribution >= 4 is 49.3 Å². The Morgan fingerprint density at radius 1 is 1.20 bits per heavy atom. The lowest BCUT2D eigenvalue weighted by atomic mass is 10.1. The molecule has 30 heavy (non-hydrogen) atoms. The van der Waals surface area contributed by atoms with Gasteiger partial charge in [0.1, 0.15) is 4.70 Å². The van der Waals surface area contributed by atoms with Crippen LogP contribution in [-0.2, 0) is 17.9 Å². The zero-order chi connectivity index (χ0) is 21.1. The van der Waals surface area contributed by atoms with E-state index in [1.54, 1.807) is 0 Å². The number of hydrogen-bond donors (Lipinski definition) is 2. The fourth-order valence-electron chi connectivity index (χ4n) is 3.15. The first-order valence-corrected chi connectivity index (χ1v) is 11.3. The number of amides is 1. The monoisotopic (exact) mass is 439 g/mol. The lowest BCUT2D eigenvalue weighted by Gasteiger charge is -2.11. The number of aryl methyl sites for hydroxylation is 1. The zero-order valence-electron chi connectivity index (χ0n) is 16.4. The molecule has 0 radical (unpaired) electrons. The molecule has 4 rings (SSSR count). The lowest BCUT2D eigenvalue weighted by Crippen LogP contribution is -2.27. The van der Waals surface area contributed by atoms with Crippen LogP contribution in [0.1, 0.15) is 11.1 Å². The number of thioether (sulfide) groups is 1. The fraction of sp³-hybridized carbons (Fsp3) is 0.227. The molecule has 0 bridgehead atoms. The summed E-state index contributed by atoms with van der Waals surface area (Å²) in [7, 11) is 0. The third kappa shape index (κ3) is 4.26. The van der Waals surface area contributed by atoms with Gasteiger partial charge in [0.2, 0.25) is 5.91 Å². The van der Waals surface area contributed by atoms with E-state index in [0.29, 0.717) is 21.9 Å². The molecule has 2 aromatic heterocycles. The summed E-state index contributed by atoms with van der Waals surface area (Å²) in [6.07, 6.45) is 0. The average molecular weight is 440 g/mol. The Bertz CT molecular complexity index is 1260. The second kappa shape index (κ2) is 8.99.